The highest BCUT2D eigenvalue weighted by atomic mass is 79.9. The molecule has 0 aromatic heterocycles. The van der Waals surface area contributed by atoms with E-state index in [0.29, 0.717) is 74.8 Å². The van der Waals surface area contributed by atoms with Crippen LogP contribution in [0.1, 0.15) is 64.9 Å². The Balaban J connectivity index is 1.57. The minimum Gasteiger partial charge on any atom is -0.482 e. The van der Waals surface area contributed by atoms with Gasteiger partial charge in [0.2, 0.25) is 0 Å². The van der Waals surface area contributed by atoms with Crippen LogP contribution >= 0.6 is 43.5 Å². The standard InChI is InChI=1S/C31H30Br2ClNO5/c1-30(2)11-21(36)27-23(13-30)40-24-14-31(3,4)12-22(37)28(24)26(27)19-9-16(32)10-20(33)29(19)39-15-25(38)35-18-7-5-17(34)6-8-18/h5-10,26H,11-15H2,1-4H3,(H,35,38). The van der Waals surface area contributed by atoms with Gasteiger partial charge in [-0.2, -0.15) is 0 Å². The zero-order chi connectivity index (χ0) is 29.0. The largest absolute Gasteiger partial charge is 0.482 e. The SMILES string of the molecule is CC1(C)CC(=O)C2=C(C1)OC1=C(C(=O)CC(C)(C)C1)C2c1cc(Br)cc(Br)c1OCC(=O)Nc1ccc(Cl)cc1. The second-order valence-corrected chi connectivity index (χ2v) is 14.4. The van der Waals surface area contributed by atoms with E-state index in [-0.39, 0.29) is 34.9 Å². The maximum Gasteiger partial charge on any atom is 0.262 e. The van der Waals surface area contributed by atoms with E-state index in [2.05, 4.69) is 64.9 Å². The molecule has 0 bridgehead atoms. The van der Waals surface area contributed by atoms with Gasteiger partial charge in [0.1, 0.15) is 17.3 Å². The van der Waals surface area contributed by atoms with E-state index in [9.17, 15) is 14.4 Å². The summed E-state index contributed by atoms with van der Waals surface area (Å²) >= 11 is 13.1. The number of rotatable bonds is 5. The van der Waals surface area contributed by atoms with E-state index in [1.54, 1.807) is 24.3 Å². The highest BCUT2D eigenvalue weighted by Crippen LogP contribution is 2.55. The van der Waals surface area contributed by atoms with E-state index in [1.807, 2.05) is 12.1 Å². The summed E-state index contributed by atoms with van der Waals surface area (Å²) in [5.41, 5.74) is 1.71. The first-order valence-electron chi connectivity index (χ1n) is 13.1. The summed E-state index contributed by atoms with van der Waals surface area (Å²) in [4.78, 5) is 40.2. The van der Waals surface area contributed by atoms with Gasteiger partial charge in [-0.1, -0.05) is 55.2 Å². The summed E-state index contributed by atoms with van der Waals surface area (Å²) in [6.07, 6.45) is 1.88. The molecule has 0 radical (unpaired) electrons. The van der Waals surface area contributed by atoms with E-state index in [0.717, 1.165) is 4.47 Å². The molecule has 0 saturated carbocycles. The van der Waals surface area contributed by atoms with Gasteiger partial charge in [-0.15, -0.1) is 0 Å². The molecule has 2 aromatic carbocycles. The van der Waals surface area contributed by atoms with Crippen LogP contribution in [0.2, 0.25) is 5.02 Å². The quantitative estimate of drug-likeness (QED) is 0.342. The fourth-order valence-electron chi connectivity index (χ4n) is 5.80. The third-order valence-corrected chi connectivity index (χ3v) is 8.70. The molecule has 210 valence electrons. The van der Waals surface area contributed by atoms with Crippen LogP contribution < -0.4 is 10.1 Å². The van der Waals surface area contributed by atoms with E-state index < -0.39 is 5.92 Å². The van der Waals surface area contributed by atoms with E-state index >= 15 is 0 Å². The van der Waals surface area contributed by atoms with Crippen LogP contribution in [0, 0.1) is 10.8 Å². The number of halogens is 3. The molecule has 2 aliphatic carbocycles. The molecule has 0 unspecified atom stereocenters. The molecule has 6 nitrogen and oxygen atoms in total. The Morgan fingerprint density at radius 1 is 0.950 bits per heavy atom. The molecule has 1 heterocycles. The third-order valence-electron chi connectivity index (χ3n) is 7.41. The lowest BCUT2D eigenvalue weighted by molar-refractivity contribution is -0.121. The second kappa shape index (κ2) is 10.8. The second-order valence-electron chi connectivity index (χ2n) is 12.2. The number of benzene rings is 2. The number of hydrogen-bond acceptors (Lipinski definition) is 5. The Kier molecular flexibility index (Phi) is 7.83. The smallest absolute Gasteiger partial charge is 0.262 e. The maximum absolute atomic E-state index is 13.7. The molecule has 1 amide bonds. The minimum atomic E-state index is -0.658. The van der Waals surface area contributed by atoms with Crippen molar-refractivity contribution in [1.29, 1.82) is 0 Å². The zero-order valence-corrected chi connectivity index (χ0v) is 26.7. The van der Waals surface area contributed by atoms with Crippen LogP contribution in [0.3, 0.4) is 0 Å². The van der Waals surface area contributed by atoms with Gasteiger partial charge < -0.3 is 14.8 Å². The highest BCUT2D eigenvalue weighted by molar-refractivity contribution is 9.11. The van der Waals surface area contributed by atoms with Gasteiger partial charge in [0.15, 0.2) is 18.2 Å². The van der Waals surface area contributed by atoms with Crippen LogP contribution in [0.5, 0.6) is 5.75 Å². The predicted octanol–water partition coefficient (Wildman–Crippen LogP) is 8.28. The topological polar surface area (TPSA) is 81.7 Å². The average molecular weight is 692 g/mol. The molecule has 0 saturated heterocycles. The van der Waals surface area contributed by atoms with Crippen LogP contribution in [0.15, 0.2) is 68.0 Å². The minimum absolute atomic E-state index is 0.0389. The van der Waals surface area contributed by atoms with Crippen LogP contribution in [0.25, 0.3) is 0 Å². The molecule has 3 aliphatic rings. The van der Waals surface area contributed by atoms with E-state index in [4.69, 9.17) is 21.1 Å². The van der Waals surface area contributed by atoms with Gasteiger partial charge >= 0.3 is 0 Å². The van der Waals surface area contributed by atoms with Crippen molar-refractivity contribution in [3.63, 3.8) is 0 Å². The first-order valence-corrected chi connectivity index (χ1v) is 15.1. The normalized spacial score (nSPS) is 20.1. The van der Waals surface area contributed by atoms with E-state index in [1.165, 1.54) is 0 Å². The summed E-state index contributed by atoms with van der Waals surface area (Å²) in [6, 6.07) is 10.5. The number of carbonyl (C=O) groups is 3. The number of ketones is 2. The molecule has 1 N–H and O–H groups in total. The zero-order valence-electron chi connectivity index (χ0n) is 22.8. The molecule has 9 heteroatoms. The van der Waals surface area contributed by atoms with Crippen molar-refractivity contribution < 1.29 is 23.9 Å². The number of nitrogens with one attached hydrogen (secondary N) is 1. The Morgan fingerprint density at radius 3 is 2.05 bits per heavy atom. The Morgan fingerprint density at radius 2 is 1.50 bits per heavy atom. The van der Waals surface area contributed by atoms with Crippen molar-refractivity contribution in [2.24, 2.45) is 10.8 Å². The number of carbonyl (C=O) groups excluding carboxylic acids is 3. The van der Waals surface area contributed by atoms with Crippen molar-refractivity contribution in [3.05, 3.63) is 78.6 Å². The lowest BCUT2D eigenvalue weighted by Gasteiger charge is -2.43. The first-order chi connectivity index (χ1) is 18.7. The molecular weight excluding hydrogens is 662 g/mol. The Hall–Kier alpha value is -2.42. The van der Waals surface area contributed by atoms with Crippen molar-refractivity contribution in [2.45, 2.75) is 59.3 Å². The molecule has 5 rings (SSSR count). The summed E-state index contributed by atoms with van der Waals surface area (Å²) in [6.45, 7) is 7.93. The maximum atomic E-state index is 13.7. The van der Waals surface area contributed by atoms with Gasteiger partial charge in [0.25, 0.3) is 5.91 Å². The summed E-state index contributed by atoms with van der Waals surface area (Å²) in [7, 11) is 0. The molecule has 0 atom stereocenters. The number of hydrogen-bond donors (Lipinski definition) is 1. The lowest BCUT2D eigenvalue weighted by atomic mass is 9.65. The predicted molar refractivity (Wildman–Crippen MR) is 161 cm³/mol. The van der Waals surface area contributed by atoms with Crippen molar-refractivity contribution >= 4 is 66.6 Å². The number of Topliss-reactive ketones (excluding diaryl/α,β-unsaturated/α-hetero) is 2. The summed E-state index contributed by atoms with van der Waals surface area (Å²) in [5.74, 6) is 0.548. The van der Waals surface area contributed by atoms with Gasteiger partial charge in [-0.25, -0.2) is 0 Å². The number of allylic oxidation sites excluding steroid dienone is 4. The van der Waals surface area contributed by atoms with Crippen molar-refractivity contribution in [3.8, 4) is 5.75 Å². The Labute approximate surface area is 255 Å². The third kappa shape index (κ3) is 5.95. The van der Waals surface area contributed by atoms with Gasteiger partial charge in [-0.05, 0) is 63.2 Å². The molecule has 0 fully saturated rings. The average Bonchev–Trinajstić information content (AvgIpc) is 2.81. The van der Waals surface area contributed by atoms with Crippen molar-refractivity contribution in [1.82, 2.24) is 0 Å². The monoisotopic (exact) mass is 689 g/mol. The summed E-state index contributed by atoms with van der Waals surface area (Å²) < 4.78 is 13.9. The van der Waals surface area contributed by atoms with Crippen LogP contribution in [-0.4, -0.2) is 24.1 Å². The van der Waals surface area contributed by atoms with Crippen LogP contribution in [0.4, 0.5) is 5.69 Å². The highest BCUT2D eigenvalue weighted by Gasteiger charge is 2.48. The fraction of sp³-hybridized carbons (Fsp3) is 0.387. The van der Waals surface area contributed by atoms with Crippen molar-refractivity contribution in [2.75, 3.05) is 11.9 Å². The molecule has 1 aliphatic heterocycles. The molecule has 0 spiro atoms. The molecular formula is C31H30Br2ClNO5. The number of anilines is 1. The molecule has 2 aromatic rings. The fourth-order valence-corrected chi connectivity index (χ4v) is 7.30. The summed E-state index contributed by atoms with van der Waals surface area (Å²) in [5, 5.41) is 3.37. The number of ether oxygens (including phenoxy) is 2. The van der Waals surface area contributed by atoms with Crippen LogP contribution in [-0.2, 0) is 19.1 Å². The van der Waals surface area contributed by atoms with Gasteiger partial charge in [0, 0.05) is 57.6 Å². The van der Waals surface area contributed by atoms with Gasteiger partial charge in [0.05, 0.1) is 10.4 Å². The Bertz CT molecular complexity index is 1440. The first kappa shape index (κ1) is 29.1. The molecule has 40 heavy (non-hydrogen) atoms. The number of amides is 1. The van der Waals surface area contributed by atoms with Gasteiger partial charge in [-0.3, -0.25) is 14.4 Å². The lowest BCUT2D eigenvalue weighted by Crippen LogP contribution is -2.37.